The summed E-state index contributed by atoms with van der Waals surface area (Å²) in [4.78, 5) is 10.8. The number of amides is 2. The number of carbonyl (C=O) groups is 1. The Kier molecular flexibility index (Phi) is 3.81. The van der Waals surface area contributed by atoms with Crippen LogP contribution in [0, 0.1) is 5.92 Å². The van der Waals surface area contributed by atoms with Gasteiger partial charge in [-0.25, -0.2) is 9.86 Å². The molecule has 3 rings (SSSR count). The second-order valence-corrected chi connectivity index (χ2v) is 6.04. The summed E-state index contributed by atoms with van der Waals surface area (Å²) in [6.45, 7) is 0.274. The number of rotatable bonds is 5. The lowest BCUT2D eigenvalue weighted by Crippen LogP contribution is -2.34. The van der Waals surface area contributed by atoms with Gasteiger partial charge in [0.05, 0.1) is 6.54 Å². The standard InChI is InChI=1S/C15H16N2O3S/c16-15(18)17(19)9-11-8-13(11)10-3-1-4-12(7-10)20-14-5-2-6-21-14/h1-7,11,13,19H,8-9H2,(H2,16,18). The van der Waals surface area contributed by atoms with Crippen molar-refractivity contribution in [2.75, 3.05) is 6.54 Å². The Morgan fingerprint density at radius 2 is 2.29 bits per heavy atom. The summed E-state index contributed by atoms with van der Waals surface area (Å²) in [6, 6.07) is 11.0. The highest BCUT2D eigenvalue weighted by Crippen LogP contribution is 2.48. The van der Waals surface area contributed by atoms with Crippen LogP contribution in [0.15, 0.2) is 41.8 Å². The lowest BCUT2D eigenvalue weighted by molar-refractivity contribution is -0.0431. The molecule has 21 heavy (non-hydrogen) atoms. The highest BCUT2D eigenvalue weighted by atomic mass is 32.1. The number of urea groups is 1. The molecule has 1 aliphatic carbocycles. The molecule has 5 nitrogen and oxygen atoms in total. The average Bonchev–Trinajstić information content (AvgIpc) is 3.04. The van der Waals surface area contributed by atoms with E-state index in [-0.39, 0.29) is 12.5 Å². The molecule has 2 unspecified atom stereocenters. The summed E-state index contributed by atoms with van der Waals surface area (Å²) >= 11 is 1.55. The minimum Gasteiger partial charge on any atom is -0.447 e. The van der Waals surface area contributed by atoms with E-state index in [2.05, 4.69) is 0 Å². The van der Waals surface area contributed by atoms with Crippen molar-refractivity contribution in [2.24, 2.45) is 11.7 Å². The van der Waals surface area contributed by atoms with Gasteiger partial charge in [-0.05, 0) is 53.5 Å². The third-order valence-corrected chi connectivity index (χ3v) is 4.33. The van der Waals surface area contributed by atoms with Crippen LogP contribution < -0.4 is 10.5 Å². The zero-order valence-electron chi connectivity index (χ0n) is 11.3. The Bertz CT molecular complexity index is 630. The fraction of sp³-hybridized carbons (Fsp3) is 0.267. The number of carbonyl (C=O) groups excluding carboxylic acids is 1. The Hall–Kier alpha value is -2.05. The van der Waals surface area contributed by atoms with Crippen molar-refractivity contribution in [1.82, 2.24) is 5.06 Å². The number of nitrogens with two attached hydrogens (primary N) is 1. The maximum absolute atomic E-state index is 10.8. The molecule has 2 atom stereocenters. The van der Waals surface area contributed by atoms with Gasteiger partial charge in [0.25, 0.3) is 0 Å². The number of benzene rings is 1. The molecule has 1 heterocycles. The fourth-order valence-corrected chi connectivity index (χ4v) is 3.01. The first-order chi connectivity index (χ1) is 10.1. The molecule has 0 bridgehead atoms. The van der Waals surface area contributed by atoms with Crippen molar-refractivity contribution < 1.29 is 14.7 Å². The molecule has 1 saturated carbocycles. The summed E-state index contributed by atoms with van der Waals surface area (Å²) in [6.07, 6.45) is 0.937. The van der Waals surface area contributed by atoms with E-state index in [9.17, 15) is 10.0 Å². The van der Waals surface area contributed by atoms with Crippen molar-refractivity contribution >= 4 is 17.4 Å². The van der Waals surface area contributed by atoms with E-state index >= 15 is 0 Å². The molecule has 1 fully saturated rings. The Morgan fingerprint density at radius 3 is 3.00 bits per heavy atom. The van der Waals surface area contributed by atoms with Crippen LogP contribution in [-0.4, -0.2) is 22.8 Å². The van der Waals surface area contributed by atoms with E-state index in [1.54, 1.807) is 11.3 Å². The van der Waals surface area contributed by atoms with E-state index in [1.807, 2.05) is 41.8 Å². The van der Waals surface area contributed by atoms with Crippen LogP contribution in [-0.2, 0) is 0 Å². The van der Waals surface area contributed by atoms with Crippen molar-refractivity contribution in [2.45, 2.75) is 12.3 Å². The number of hydrogen-bond donors (Lipinski definition) is 2. The summed E-state index contributed by atoms with van der Waals surface area (Å²) in [5, 5.41) is 12.8. The van der Waals surface area contributed by atoms with Gasteiger partial charge in [0.2, 0.25) is 0 Å². The van der Waals surface area contributed by atoms with Crippen LogP contribution in [0.1, 0.15) is 17.9 Å². The van der Waals surface area contributed by atoms with E-state index in [4.69, 9.17) is 10.5 Å². The predicted octanol–water partition coefficient (Wildman–Crippen LogP) is 3.41. The number of hydrogen-bond acceptors (Lipinski definition) is 4. The number of nitrogens with zero attached hydrogens (tertiary/aromatic N) is 1. The lowest BCUT2D eigenvalue weighted by Gasteiger charge is -2.11. The second kappa shape index (κ2) is 5.75. The first kappa shape index (κ1) is 13.9. The summed E-state index contributed by atoms with van der Waals surface area (Å²) in [5.41, 5.74) is 6.17. The zero-order chi connectivity index (χ0) is 14.8. The molecule has 1 aromatic heterocycles. The lowest BCUT2D eigenvalue weighted by atomic mass is 10.1. The normalized spacial score (nSPS) is 20.0. The number of ether oxygens (including phenoxy) is 1. The summed E-state index contributed by atoms with van der Waals surface area (Å²) in [7, 11) is 0. The van der Waals surface area contributed by atoms with E-state index < -0.39 is 6.03 Å². The average molecular weight is 304 g/mol. The zero-order valence-corrected chi connectivity index (χ0v) is 12.1. The van der Waals surface area contributed by atoms with Gasteiger partial charge in [-0.15, -0.1) is 11.3 Å². The molecule has 6 heteroatoms. The third kappa shape index (κ3) is 3.34. The molecular weight excluding hydrogens is 288 g/mol. The Labute approximate surface area is 126 Å². The minimum absolute atomic E-state index is 0.250. The molecule has 1 aliphatic rings. The van der Waals surface area contributed by atoms with Gasteiger partial charge in [0, 0.05) is 0 Å². The molecule has 3 N–H and O–H groups in total. The molecule has 110 valence electrons. The molecule has 2 aromatic rings. The third-order valence-electron chi connectivity index (χ3n) is 3.58. The van der Waals surface area contributed by atoms with Crippen LogP contribution in [0.25, 0.3) is 0 Å². The first-order valence-corrected chi connectivity index (χ1v) is 7.58. The van der Waals surface area contributed by atoms with Crippen LogP contribution in [0.2, 0.25) is 0 Å². The molecule has 1 aromatic carbocycles. The van der Waals surface area contributed by atoms with Crippen molar-refractivity contribution in [3.63, 3.8) is 0 Å². The van der Waals surface area contributed by atoms with Crippen LogP contribution >= 0.6 is 11.3 Å². The maximum atomic E-state index is 10.8. The van der Waals surface area contributed by atoms with Crippen LogP contribution in [0.3, 0.4) is 0 Å². The first-order valence-electron chi connectivity index (χ1n) is 6.70. The molecule has 0 aliphatic heterocycles. The van der Waals surface area contributed by atoms with Crippen LogP contribution in [0.4, 0.5) is 4.79 Å². The minimum atomic E-state index is -0.810. The maximum Gasteiger partial charge on any atom is 0.338 e. The number of thiophene rings is 1. The second-order valence-electron chi connectivity index (χ2n) is 5.13. The van der Waals surface area contributed by atoms with Crippen molar-refractivity contribution in [3.8, 4) is 10.8 Å². The number of primary amides is 1. The Morgan fingerprint density at radius 1 is 1.43 bits per heavy atom. The largest absolute Gasteiger partial charge is 0.447 e. The van der Waals surface area contributed by atoms with Crippen LogP contribution in [0.5, 0.6) is 10.8 Å². The fourth-order valence-electron chi connectivity index (χ4n) is 2.42. The summed E-state index contributed by atoms with van der Waals surface area (Å²) in [5.74, 6) is 1.39. The van der Waals surface area contributed by atoms with Gasteiger partial charge in [-0.3, -0.25) is 5.21 Å². The van der Waals surface area contributed by atoms with E-state index in [0.717, 1.165) is 22.8 Å². The van der Waals surface area contributed by atoms with Crippen molar-refractivity contribution in [1.29, 1.82) is 0 Å². The molecular formula is C15H16N2O3S. The van der Waals surface area contributed by atoms with Gasteiger partial charge in [0.1, 0.15) is 5.75 Å². The van der Waals surface area contributed by atoms with Gasteiger partial charge in [-0.2, -0.15) is 0 Å². The highest BCUT2D eigenvalue weighted by molar-refractivity contribution is 7.11. The van der Waals surface area contributed by atoms with Gasteiger partial charge >= 0.3 is 6.03 Å². The Balaban J connectivity index is 1.63. The quantitative estimate of drug-likeness (QED) is 0.656. The molecule has 2 amide bonds. The van der Waals surface area contributed by atoms with Crippen molar-refractivity contribution in [3.05, 3.63) is 47.3 Å². The number of hydroxylamine groups is 2. The molecule has 0 spiro atoms. The monoisotopic (exact) mass is 304 g/mol. The summed E-state index contributed by atoms with van der Waals surface area (Å²) < 4.78 is 5.78. The highest BCUT2D eigenvalue weighted by Gasteiger charge is 2.40. The van der Waals surface area contributed by atoms with E-state index in [1.165, 1.54) is 0 Å². The smallest absolute Gasteiger partial charge is 0.338 e. The SMILES string of the molecule is NC(=O)N(O)CC1CC1c1cccc(Oc2cccs2)c1. The van der Waals surface area contributed by atoms with Gasteiger partial charge in [-0.1, -0.05) is 12.1 Å². The molecule has 0 saturated heterocycles. The van der Waals surface area contributed by atoms with Gasteiger partial charge < -0.3 is 10.5 Å². The predicted molar refractivity (Wildman–Crippen MR) is 79.8 cm³/mol. The molecule has 0 radical (unpaired) electrons. The van der Waals surface area contributed by atoms with Gasteiger partial charge in [0.15, 0.2) is 5.06 Å². The topological polar surface area (TPSA) is 75.8 Å². The van der Waals surface area contributed by atoms with E-state index in [0.29, 0.717) is 11.0 Å².